The van der Waals surface area contributed by atoms with Crippen LogP contribution in [-0.4, -0.2) is 33.1 Å². The Balaban J connectivity index is 1.81. The second-order valence-electron chi connectivity index (χ2n) is 7.02. The van der Waals surface area contributed by atoms with Gasteiger partial charge in [0.1, 0.15) is 0 Å². The summed E-state index contributed by atoms with van der Waals surface area (Å²) in [7, 11) is -3.93. The molecule has 2 aromatic rings. The highest BCUT2D eigenvalue weighted by Gasteiger charge is 2.25. The molecule has 3 rings (SSSR count). The first kappa shape index (κ1) is 21.9. The fourth-order valence-electron chi connectivity index (χ4n) is 3.09. The fraction of sp³-hybridized carbons (Fsp3) is 0.350. The third-order valence-electron chi connectivity index (χ3n) is 4.80. The van der Waals surface area contributed by atoms with E-state index in [1.165, 1.54) is 24.3 Å². The highest BCUT2D eigenvalue weighted by Crippen LogP contribution is 2.25. The molecule has 156 valence electrons. The molecule has 2 aromatic carbocycles. The summed E-state index contributed by atoms with van der Waals surface area (Å²) >= 11 is 12.2. The maximum atomic E-state index is 12.8. The maximum absolute atomic E-state index is 12.8. The Kier molecular flexibility index (Phi) is 6.73. The van der Waals surface area contributed by atoms with Gasteiger partial charge in [0.05, 0.1) is 33.3 Å². The van der Waals surface area contributed by atoms with Gasteiger partial charge in [-0.25, -0.2) is 8.42 Å². The third kappa shape index (κ3) is 5.22. The molecule has 6 nitrogen and oxygen atoms in total. The molecule has 1 aliphatic heterocycles. The van der Waals surface area contributed by atoms with Gasteiger partial charge in [0.15, 0.2) is 0 Å². The number of anilines is 1. The highest BCUT2D eigenvalue weighted by molar-refractivity contribution is 7.92. The SMILES string of the molecule is Cc1ccc(NS(=O)(=O)c2ccc(Cl)c(C(=O)NC(C)C3CCCO3)c2)cc1Cl. The van der Waals surface area contributed by atoms with Crippen molar-refractivity contribution in [1.29, 1.82) is 0 Å². The van der Waals surface area contributed by atoms with Crippen LogP contribution < -0.4 is 10.0 Å². The van der Waals surface area contributed by atoms with Crippen LogP contribution >= 0.6 is 23.2 Å². The van der Waals surface area contributed by atoms with Crippen LogP contribution in [0.25, 0.3) is 0 Å². The summed E-state index contributed by atoms with van der Waals surface area (Å²) in [5, 5.41) is 3.45. The zero-order chi connectivity index (χ0) is 21.2. The Labute approximate surface area is 180 Å². The average Bonchev–Trinajstić information content (AvgIpc) is 3.19. The van der Waals surface area contributed by atoms with Gasteiger partial charge >= 0.3 is 0 Å². The highest BCUT2D eigenvalue weighted by atomic mass is 35.5. The minimum absolute atomic E-state index is 0.0578. The van der Waals surface area contributed by atoms with Gasteiger partial charge in [0, 0.05) is 11.6 Å². The Hall–Kier alpha value is -1.80. The molecule has 1 saturated heterocycles. The van der Waals surface area contributed by atoms with Crippen molar-refractivity contribution in [2.45, 2.75) is 43.7 Å². The van der Waals surface area contributed by atoms with Crippen LogP contribution in [0, 0.1) is 6.92 Å². The van der Waals surface area contributed by atoms with Crippen LogP contribution in [0.15, 0.2) is 41.3 Å². The summed E-state index contributed by atoms with van der Waals surface area (Å²) in [5.74, 6) is -0.451. The van der Waals surface area contributed by atoms with Crippen molar-refractivity contribution in [1.82, 2.24) is 5.32 Å². The Morgan fingerprint density at radius 1 is 1.17 bits per heavy atom. The number of sulfonamides is 1. The normalized spacial score (nSPS) is 17.7. The van der Waals surface area contributed by atoms with Gasteiger partial charge < -0.3 is 10.1 Å². The van der Waals surface area contributed by atoms with Crippen LogP contribution in [0.5, 0.6) is 0 Å². The molecule has 0 saturated carbocycles. The lowest BCUT2D eigenvalue weighted by Gasteiger charge is -2.20. The number of carbonyl (C=O) groups is 1. The van der Waals surface area contributed by atoms with E-state index in [9.17, 15) is 13.2 Å². The first-order chi connectivity index (χ1) is 13.7. The summed E-state index contributed by atoms with van der Waals surface area (Å²) < 4.78 is 33.6. The first-order valence-corrected chi connectivity index (χ1v) is 11.4. The summed E-state index contributed by atoms with van der Waals surface area (Å²) in [6.07, 6.45) is 1.76. The van der Waals surface area contributed by atoms with E-state index in [-0.39, 0.29) is 27.6 Å². The summed E-state index contributed by atoms with van der Waals surface area (Å²) in [6.45, 7) is 4.35. The van der Waals surface area contributed by atoms with E-state index >= 15 is 0 Å². The monoisotopic (exact) mass is 456 g/mol. The van der Waals surface area contributed by atoms with Crippen molar-refractivity contribution in [3.05, 3.63) is 57.6 Å². The van der Waals surface area contributed by atoms with Gasteiger partial charge in [-0.3, -0.25) is 9.52 Å². The quantitative estimate of drug-likeness (QED) is 0.674. The molecule has 0 bridgehead atoms. The van der Waals surface area contributed by atoms with Gasteiger partial charge in [-0.1, -0.05) is 29.3 Å². The number of rotatable bonds is 6. The molecule has 0 radical (unpaired) electrons. The molecule has 2 N–H and O–H groups in total. The molecule has 1 amide bonds. The molecule has 1 heterocycles. The summed E-state index contributed by atoms with van der Waals surface area (Å²) in [6, 6.07) is 8.65. The van der Waals surface area contributed by atoms with Crippen LogP contribution in [0.3, 0.4) is 0 Å². The van der Waals surface area contributed by atoms with Gasteiger partial charge in [0.25, 0.3) is 15.9 Å². The molecule has 0 aliphatic carbocycles. The van der Waals surface area contributed by atoms with Crippen LogP contribution in [0.4, 0.5) is 5.69 Å². The van der Waals surface area contributed by atoms with Crippen molar-refractivity contribution in [3.8, 4) is 0 Å². The first-order valence-electron chi connectivity index (χ1n) is 9.18. The topological polar surface area (TPSA) is 84.5 Å². The van der Waals surface area contributed by atoms with Crippen LogP contribution in [0.2, 0.25) is 10.0 Å². The van der Waals surface area contributed by atoms with Gasteiger partial charge in [0.2, 0.25) is 0 Å². The number of benzene rings is 2. The molecular weight excluding hydrogens is 435 g/mol. The number of nitrogens with one attached hydrogen (secondary N) is 2. The van der Waals surface area contributed by atoms with Crippen molar-refractivity contribution in [2.24, 2.45) is 0 Å². The number of halogens is 2. The van der Waals surface area contributed by atoms with Crippen molar-refractivity contribution in [3.63, 3.8) is 0 Å². The third-order valence-corrected chi connectivity index (χ3v) is 6.91. The summed E-state index contributed by atoms with van der Waals surface area (Å²) in [4.78, 5) is 12.6. The molecule has 1 aliphatic rings. The van der Waals surface area contributed by atoms with E-state index < -0.39 is 15.9 Å². The zero-order valence-electron chi connectivity index (χ0n) is 16.0. The molecular formula is C20H22Cl2N2O4S. The average molecular weight is 457 g/mol. The Bertz CT molecular complexity index is 1020. The molecule has 2 atom stereocenters. The van der Waals surface area contributed by atoms with E-state index in [4.69, 9.17) is 27.9 Å². The predicted molar refractivity (Wildman–Crippen MR) is 114 cm³/mol. The number of aryl methyl sites for hydroxylation is 1. The van der Waals surface area contributed by atoms with E-state index in [0.717, 1.165) is 18.4 Å². The molecule has 29 heavy (non-hydrogen) atoms. The predicted octanol–water partition coefficient (Wildman–Crippen LogP) is 4.40. The number of ether oxygens (including phenoxy) is 1. The Morgan fingerprint density at radius 3 is 2.59 bits per heavy atom. The largest absolute Gasteiger partial charge is 0.376 e. The lowest BCUT2D eigenvalue weighted by Crippen LogP contribution is -2.41. The fourth-order valence-corrected chi connectivity index (χ4v) is 4.55. The van der Waals surface area contributed by atoms with Crippen molar-refractivity contribution in [2.75, 3.05) is 11.3 Å². The molecule has 0 aromatic heterocycles. The number of hydrogen-bond donors (Lipinski definition) is 2. The Morgan fingerprint density at radius 2 is 1.93 bits per heavy atom. The smallest absolute Gasteiger partial charge is 0.261 e. The zero-order valence-corrected chi connectivity index (χ0v) is 18.4. The lowest BCUT2D eigenvalue weighted by molar-refractivity contribution is 0.0712. The lowest BCUT2D eigenvalue weighted by atomic mass is 10.1. The van der Waals surface area contributed by atoms with Gasteiger partial charge in [-0.15, -0.1) is 0 Å². The van der Waals surface area contributed by atoms with Crippen molar-refractivity contribution >= 4 is 44.8 Å². The van der Waals surface area contributed by atoms with Gasteiger partial charge in [-0.05, 0) is 62.6 Å². The molecule has 2 unspecified atom stereocenters. The van der Waals surface area contributed by atoms with Gasteiger partial charge in [-0.2, -0.15) is 0 Å². The molecule has 0 spiro atoms. The second-order valence-corrected chi connectivity index (χ2v) is 9.52. The van der Waals surface area contributed by atoms with Crippen molar-refractivity contribution < 1.29 is 17.9 Å². The van der Waals surface area contributed by atoms with E-state index in [0.29, 0.717) is 17.3 Å². The maximum Gasteiger partial charge on any atom is 0.261 e. The number of hydrogen-bond acceptors (Lipinski definition) is 4. The van der Waals surface area contributed by atoms with E-state index in [1.54, 1.807) is 12.1 Å². The standard InChI is InChI=1S/C20H22Cl2N2O4S/c1-12-5-6-14(10-18(12)22)24-29(26,27)15-7-8-17(21)16(11-15)20(25)23-13(2)19-4-3-9-28-19/h5-8,10-11,13,19,24H,3-4,9H2,1-2H3,(H,23,25). The van der Waals surface area contributed by atoms with E-state index in [1.807, 2.05) is 13.8 Å². The minimum Gasteiger partial charge on any atom is -0.376 e. The number of carbonyl (C=O) groups excluding carboxylic acids is 1. The van der Waals surface area contributed by atoms with Crippen LogP contribution in [-0.2, 0) is 14.8 Å². The minimum atomic E-state index is -3.93. The summed E-state index contributed by atoms with van der Waals surface area (Å²) in [5.41, 5.74) is 1.25. The van der Waals surface area contributed by atoms with E-state index in [2.05, 4.69) is 10.0 Å². The number of amides is 1. The molecule has 9 heteroatoms. The molecule has 1 fully saturated rings. The van der Waals surface area contributed by atoms with Crippen LogP contribution in [0.1, 0.15) is 35.7 Å². The second kappa shape index (κ2) is 8.92.